The highest BCUT2D eigenvalue weighted by atomic mass is 32.2. The van der Waals surface area contributed by atoms with Gasteiger partial charge >= 0.3 is 0 Å². The molecule has 0 aliphatic carbocycles. The van der Waals surface area contributed by atoms with Gasteiger partial charge in [-0.25, -0.2) is 13.1 Å². The fourth-order valence-electron chi connectivity index (χ4n) is 2.85. The second kappa shape index (κ2) is 10.8. The van der Waals surface area contributed by atoms with E-state index in [1.807, 2.05) is 56.3 Å². The molecule has 2 aromatic rings. The third-order valence-corrected chi connectivity index (χ3v) is 5.62. The highest BCUT2D eigenvalue weighted by molar-refractivity contribution is 7.88. The van der Waals surface area contributed by atoms with Crippen LogP contribution in [0, 0.1) is 0 Å². The molecule has 0 saturated heterocycles. The van der Waals surface area contributed by atoms with Gasteiger partial charge in [-0.05, 0) is 37.0 Å². The normalized spacial score (nSPS) is 12.2. The van der Waals surface area contributed by atoms with Gasteiger partial charge in [0.15, 0.2) is 5.96 Å². The van der Waals surface area contributed by atoms with E-state index in [0.29, 0.717) is 12.5 Å². The van der Waals surface area contributed by atoms with Gasteiger partial charge in [0.05, 0.1) is 5.75 Å². The predicted molar refractivity (Wildman–Crippen MR) is 116 cm³/mol. The summed E-state index contributed by atoms with van der Waals surface area (Å²) in [6.07, 6.45) is 0.900. The Labute approximate surface area is 168 Å². The SMILES string of the molecule is CN=C(NCCc1ccccc1)NCc1ccccc1CS(=O)(=O)NC(C)C. The lowest BCUT2D eigenvalue weighted by atomic mass is 10.1. The summed E-state index contributed by atoms with van der Waals surface area (Å²) in [5, 5.41) is 6.55. The molecule has 28 heavy (non-hydrogen) atoms. The maximum Gasteiger partial charge on any atom is 0.216 e. The largest absolute Gasteiger partial charge is 0.356 e. The number of hydrogen-bond acceptors (Lipinski definition) is 3. The third kappa shape index (κ3) is 7.70. The van der Waals surface area contributed by atoms with Crippen LogP contribution in [0.1, 0.15) is 30.5 Å². The lowest BCUT2D eigenvalue weighted by Gasteiger charge is -2.15. The van der Waals surface area contributed by atoms with Crippen LogP contribution in [0.5, 0.6) is 0 Å². The zero-order valence-corrected chi connectivity index (χ0v) is 17.6. The zero-order chi connectivity index (χ0) is 20.4. The van der Waals surface area contributed by atoms with Crippen LogP contribution in [0.4, 0.5) is 0 Å². The highest BCUT2D eigenvalue weighted by Crippen LogP contribution is 2.12. The van der Waals surface area contributed by atoms with Crippen LogP contribution in [-0.4, -0.2) is 34.0 Å². The van der Waals surface area contributed by atoms with E-state index in [9.17, 15) is 8.42 Å². The number of aliphatic imine (C=N–C) groups is 1. The molecule has 0 heterocycles. The third-order valence-electron chi connectivity index (χ3n) is 4.10. The summed E-state index contributed by atoms with van der Waals surface area (Å²) in [4.78, 5) is 4.24. The Morgan fingerprint density at radius 2 is 1.61 bits per heavy atom. The quantitative estimate of drug-likeness (QED) is 0.444. The Balaban J connectivity index is 1.92. The maximum absolute atomic E-state index is 12.3. The first-order valence-electron chi connectivity index (χ1n) is 9.45. The molecule has 7 heteroatoms. The molecule has 0 fully saturated rings. The van der Waals surface area contributed by atoms with Crippen molar-refractivity contribution >= 4 is 16.0 Å². The smallest absolute Gasteiger partial charge is 0.216 e. The van der Waals surface area contributed by atoms with Crippen molar-refractivity contribution in [3.63, 3.8) is 0 Å². The van der Waals surface area contributed by atoms with Crippen molar-refractivity contribution in [2.75, 3.05) is 13.6 Å². The van der Waals surface area contributed by atoms with Gasteiger partial charge in [-0.3, -0.25) is 4.99 Å². The first-order chi connectivity index (χ1) is 13.4. The minimum absolute atomic E-state index is 0.0386. The first kappa shape index (κ1) is 21.9. The Hall–Kier alpha value is -2.38. The van der Waals surface area contributed by atoms with Crippen molar-refractivity contribution in [1.82, 2.24) is 15.4 Å². The Kier molecular flexibility index (Phi) is 8.47. The van der Waals surface area contributed by atoms with Crippen molar-refractivity contribution in [1.29, 1.82) is 0 Å². The fourth-order valence-corrected chi connectivity index (χ4v) is 4.34. The zero-order valence-electron chi connectivity index (χ0n) is 16.8. The van der Waals surface area contributed by atoms with Gasteiger partial charge in [-0.15, -0.1) is 0 Å². The molecule has 0 bridgehead atoms. The standard InChI is InChI=1S/C21H30N4O2S/c1-17(2)25-28(26,27)16-20-12-8-7-11-19(20)15-24-21(22-3)23-14-13-18-9-5-4-6-10-18/h4-12,17,25H,13-16H2,1-3H3,(H2,22,23,24). The molecule has 0 aliphatic rings. The topological polar surface area (TPSA) is 82.6 Å². The van der Waals surface area contributed by atoms with Crippen molar-refractivity contribution in [2.24, 2.45) is 4.99 Å². The summed E-state index contributed by atoms with van der Waals surface area (Å²) in [7, 11) is -1.65. The predicted octanol–water partition coefficient (Wildman–Crippen LogP) is 2.42. The molecule has 152 valence electrons. The summed E-state index contributed by atoms with van der Waals surface area (Å²) in [5.74, 6) is 0.650. The van der Waals surface area contributed by atoms with Crippen LogP contribution in [0.3, 0.4) is 0 Å². The second-order valence-corrected chi connectivity index (χ2v) is 8.64. The molecule has 2 aromatic carbocycles. The van der Waals surface area contributed by atoms with Gasteiger partial charge in [-0.1, -0.05) is 54.6 Å². The fraction of sp³-hybridized carbons (Fsp3) is 0.381. The number of guanidine groups is 1. The summed E-state index contributed by atoms with van der Waals surface area (Å²) < 4.78 is 27.2. The molecule has 0 saturated carbocycles. The summed E-state index contributed by atoms with van der Waals surface area (Å²) in [6, 6.07) is 17.7. The summed E-state index contributed by atoms with van der Waals surface area (Å²) in [6.45, 7) is 4.89. The van der Waals surface area contributed by atoms with Crippen LogP contribution in [-0.2, 0) is 28.7 Å². The van der Waals surface area contributed by atoms with E-state index in [4.69, 9.17) is 0 Å². The molecular weight excluding hydrogens is 372 g/mol. The average Bonchev–Trinajstić information content (AvgIpc) is 2.65. The number of nitrogens with zero attached hydrogens (tertiary/aromatic N) is 1. The number of hydrogen-bond donors (Lipinski definition) is 3. The molecule has 0 spiro atoms. The maximum atomic E-state index is 12.3. The number of sulfonamides is 1. The molecule has 0 amide bonds. The Bertz CT molecular complexity index is 865. The molecule has 0 atom stereocenters. The number of rotatable bonds is 9. The van der Waals surface area contributed by atoms with Gasteiger partial charge in [-0.2, -0.15) is 0 Å². The van der Waals surface area contributed by atoms with E-state index in [0.717, 1.165) is 24.1 Å². The number of benzene rings is 2. The molecule has 0 unspecified atom stereocenters. The van der Waals surface area contributed by atoms with Gasteiger partial charge in [0.2, 0.25) is 10.0 Å². The van der Waals surface area contributed by atoms with Crippen LogP contribution < -0.4 is 15.4 Å². The van der Waals surface area contributed by atoms with Crippen LogP contribution in [0.15, 0.2) is 59.6 Å². The van der Waals surface area contributed by atoms with Crippen molar-refractivity contribution < 1.29 is 8.42 Å². The van der Waals surface area contributed by atoms with E-state index in [-0.39, 0.29) is 11.8 Å². The molecular formula is C21H30N4O2S. The Morgan fingerprint density at radius 1 is 0.964 bits per heavy atom. The van der Waals surface area contributed by atoms with Gasteiger partial charge < -0.3 is 10.6 Å². The van der Waals surface area contributed by atoms with Gasteiger partial charge in [0, 0.05) is 26.2 Å². The lowest BCUT2D eigenvalue weighted by Crippen LogP contribution is -2.38. The second-order valence-electron chi connectivity index (χ2n) is 6.89. The molecule has 0 aromatic heterocycles. The van der Waals surface area contributed by atoms with E-state index in [1.54, 1.807) is 7.05 Å². The Morgan fingerprint density at radius 3 is 2.25 bits per heavy atom. The van der Waals surface area contributed by atoms with Crippen LogP contribution >= 0.6 is 0 Å². The van der Waals surface area contributed by atoms with Crippen LogP contribution in [0.2, 0.25) is 0 Å². The van der Waals surface area contributed by atoms with E-state index in [1.165, 1.54) is 5.56 Å². The van der Waals surface area contributed by atoms with E-state index < -0.39 is 10.0 Å². The molecule has 3 N–H and O–H groups in total. The molecule has 6 nitrogen and oxygen atoms in total. The van der Waals surface area contributed by atoms with Gasteiger partial charge in [0.25, 0.3) is 0 Å². The molecule has 0 radical (unpaired) electrons. The van der Waals surface area contributed by atoms with Crippen molar-refractivity contribution in [2.45, 2.75) is 38.6 Å². The number of nitrogens with one attached hydrogen (secondary N) is 3. The van der Waals surface area contributed by atoms with Crippen molar-refractivity contribution in [3.05, 3.63) is 71.3 Å². The van der Waals surface area contributed by atoms with E-state index in [2.05, 4.69) is 32.5 Å². The molecule has 0 aliphatic heterocycles. The van der Waals surface area contributed by atoms with Crippen molar-refractivity contribution in [3.8, 4) is 0 Å². The van der Waals surface area contributed by atoms with E-state index >= 15 is 0 Å². The molecule has 2 rings (SSSR count). The minimum Gasteiger partial charge on any atom is -0.356 e. The monoisotopic (exact) mass is 402 g/mol. The average molecular weight is 403 g/mol. The first-order valence-corrected chi connectivity index (χ1v) is 11.1. The van der Waals surface area contributed by atoms with Crippen LogP contribution in [0.25, 0.3) is 0 Å². The van der Waals surface area contributed by atoms with Gasteiger partial charge in [0.1, 0.15) is 0 Å². The highest BCUT2D eigenvalue weighted by Gasteiger charge is 2.15. The lowest BCUT2D eigenvalue weighted by molar-refractivity contribution is 0.568. The summed E-state index contributed by atoms with van der Waals surface area (Å²) in [5.41, 5.74) is 2.98. The minimum atomic E-state index is -3.37. The summed E-state index contributed by atoms with van der Waals surface area (Å²) >= 11 is 0.